The predicted molar refractivity (Wildman–Crippen MR) is 125 cm³/mol. The van der Waals surface area contributed by atoms with Crippen LogP contribution < -0.4 is 15.4 Å². The van der Waals surface area contributed by atoms with Crippen molar-refractivity contribution in [1.82, 2.24) is 14.7 Å². The van der Waals surface area contributed by atoms with E-state index in [4.69, 9.17) is 0 Å². The van der Waals surface area contributed by atoms with Crippen LogP contribution in [-0.4, -0.2) is 36.1 Å². The molecule has 1 atom stereocenters. The zero-order valence-electron chi connectivity index (χ0n) is 17.4. The molecule has 170 valence electrons. The molecular formula is C21H23BrFN5O3S. The van der Waals surface area contributed by atoms with Crippen LogP contribution in [0.4, 0.5) is 21.8 Å². The van der Waals surface area contributed by atoms with E-state index in [0.29, 0.717) is 27.1 Å². The number of halogens is 2. The van der Waals surface area contributed by atoms with Gasteiger partial charge < -0.3 is 15.7 Å². The summed E-state index contributed by atoms with van der Waals surface area (Å²) in [5, 5.41) is 15.3. The van der Waals surface area contributed by atoms with Gasteiger partial charge in [0.05, 0.1) is 16.0 Å². The molecule has 0 radical (unpaired) electrons. The molecule has 0 fully saturated rings. The van der Waals surface area contributed by atoms with Crippen molar-refractivity contribution in [2.75, 3.05) is 17.2 Å². The van der Waals surface area contributed by atoms with E-state index < -0.39 is 10.0 Å². The lowest BCUT2D eigenvalue weighted by molar-refractivity contribution is 0.281. The lowest BCUT2D eigenvalue weighted by Gasteiger charge is -2.15. The molecule has 4 N–H and O–H groups in total. The maximum Gasteiger partial charge on any atom is 0.241 e. The molecule has 8 nitrogen and oxygen atoms in total. The van der Waals surface area contributed by atoms with Crippen LogP contribution in [0.5, 0.6) is 0 Å². The minimum Gasteiger partial charge on any atom is -0.394 e. The van der Waals surface area contributed by atoms with Gasteiger partial charge in [-0.1, -0.05) is 18.2 Å². The molecule has 0 spiro atoms. The van der Waals surface area contributed by atoms with Crippen molar-refractivity contribution in [2.24, 2.45) is 0 Å². The molecule has 0 amide bonds. The van der Waals surface area contributed by atoms with E-state index in [1.165, 1.54) is 30.3 Å². The number of benzene rings is 2. The first-order valence-corrected chi connectivity index (χ1v) is 12.0. The average Bonchev–Trinajstić information content (AvgIpc) is 2.76. The molecule has 1 aromatic heterocycles. The van der Waals surface area contributed by atoms with Gasteiger partial charge in [-0.05, 0) is 65.2 Å². The van der Waals surface area contributed by atoms with Crippen molar-refractivity contribution in [2.45, 2.75) is 31.3 Å². The number of aliphatic hydroxyl groups excluding tert-OH is 1. The summed E-state index contributed by atoms with van der Waals surface area (Å²) in [7, 11) is -3.82. The first-order valence-electron chi connectivity index (χ1n) is 9.69. The van der Waals surface area contributed by atoms with Crippen LogP contribution in [0.3, 0.4) is 0 Å². The molecule has 3 aromatic rings. The van der Waals surface area contributed by atoms with Crippen LogP contribution in [0.1, 0.15) is 18.1 Å². The molecule has 2 aromatic carbocycles. The lowest BCUT2D eigenvalue weighted by Crippen LogP contribution is -2.24. The molecule has 32 heavy (non-hydrogen) atoms. The Kier molecular flexibility index (Phi) is 7.77. The zero-order chi connectivity index (χ0) is 23.3. The van der Waals surface area contributed by atoms with Gasteiger partial charge in [0, 0.05) is 24.5 Å². The van der Waals surface area contributed by atoms with Gasteiger partial charge in [-0.15, -0.1) is 0 Å². The lowest BCUT2D eigenvalue weighted by atomic mass is 10.2. The Morgan fingerprint density at radius 3 is 2.59 bits per heavy atom. The normalized spacial score (nSPS) is 12.4. The van der Waals surface area contributed by atoms with Gasteiger partial charge in [-0.25, -0.2) is 22.5 Å². The summed E-state index contributed by atoms with van der Waals surface area (Å²) in [5.74, 6) is 0.364. The molecule has 3 rings (SSSR count). The Labute approximate surface area is 194 Å². The van der Waals surface area contributed by atoms with Crippen molar-refractivity contribution in [1.29, 1.82) is 0 Å². The second-order valence-corrected chi connectivity index (χ2v) is 9.76. The Bertz CT molecular complexity index is 1190. The number of aromatic nitrogens is 2. The molecule has 0 saturated heterocycles. The number of hydrogen-bond donors (Lipinski definition) is 4. The highest BCUT2D eigenvalue weighted by Crippen LogP contribution is 2.25. The SMILES string of the molecule is Cc1ccc(Nc2ncc(Br)c(N[C@H](C)CO)n2)cc1S(=O)(=O)NCc1ccc(F)cc1. The van der Waals surface area contributed by atoms with Gasteiger partial charge in [0.25, 0.3) is 0 Å². The minimum absolute atomic E-state index is 0.0353. The summed E-state index contributed by atoms with van der Waals surface area (Å²) in [6.07, 6.45) is 1.55. The highest BCUT2D eigenvalue weighted by atomic mass is 79.9. The predicted octanol–water partition coefficient (Wildman–Crippen LogP) is 3.70. The van der Waals surface area contributed by atoms with Crippen molar-refractivity contribution in [3.05, 3.63) is 70.1 Å². The number of sulfonamides is 1. The number of aryl methyl sites for hydroxylation is 1. The Hall–Kier alpha value is -2.60. The van der Waals surface area contributed by atoms with Gasteiger partial charge in [-0.3, -0.25) is 0 Å². The quantitative estimate of drug-likeness (QED) is 0.337. The third-order valence-corrected chi connectivity index (χ3v) is 6.64. The summed E-state index contributed by atoms with van der Waals surface area (Å²) in [5.41, 5.74) is 1.70. The second kappa shape index (κ2) is 10.3. The Morgan fingerprint density at radius 2 is 1.91 bits per heavy atom. The Morgan fingerprint density at radius 1 is 1.19 bits per heavy atom. The van der Waals surface area contributed by atoms with Gasteiger partial charge >= 0.3 is 0 Å². The van der Waals surface area contributed by atoms with E-state index in [2.05, 4.69) is 41.3 Å². The van der Waals surface area contributed by atoms with Crippen LogP contribution in [0.2, 0.25) is 0 Å². The molecule has 0 aliphatic rings. The van der Waals surface area contributed by atoms with E-state index in [1.54, 1.807) is 32.2 Å². The molecule has 0 aliphatic carbocycles. The third kappa shape index (κ3) is 6.22. The molecular weight excluding hydrogens is 501 g/mol. The highest BCUT2D eigenvalue weighted by molar-refractivity contribution is 9.10. The van der Waals surface area contributed by atoms with E-state index in [0.717, 1.165) is 0 Å². The summed E-state index contributed by atoms with van der Waals surface area (Å²) >= 11 is 3.36. The fraction of sp³-hybridized carbons (Fsp3) is 0.238. The molecule has 11 heteroatoms. The van der Waals surface area contributed by atoms with Crippen LogP contribution in [0.15, 0.2) is 58.0 Å². The number of nitrogens with zero attached hydrogens (tertiary/aromatic N) is 2. The summed E-state index contributed by atoms with van der Waals surface area (Å²) < 4.78 is 42.0. The first-order chi connectivity index (χ1) is 15.2. The number of hydrogen-bond acceptors (Lipinski definition) is 7. The van der Waals surface area contributed by atoms with Gasteiger partial charge in [0.1, 0.15) is 11.6 Å². The van der Waals surface area contributed by atoms with Crippen molar-refractivity contribution < 1.29 is 17.9 Å². The molecule has 0 saturated carbocycles. The number of nitrogens with one attached hydrogen (secondary N) is 3. The highest BCUT2D eigenvalue weighted by Gasteiger charge is 2.18. The van der Waals surface area contributed by atoms with Crippen molar-refractivity contribution in [3.8, 4) is 0 Å². The number of rotatable bonds is 9. The first kappa shape index (κ1) is 24.1. The van der Waals surface area contributed by atoms with Crippen LogP contribution in [0.25, 0.3) is 0 Å². The van der Waals surface area contributed by atoms with E-state index in [1.807, 2.05) is 0 Å². The standard InChI is InChI=1S/C21H23BrFN5O3S/c1-13-3-8-17(27-21-24-11-18(22)20(28-21)26-14(2)12-29)9-19(13)32(30,31)25-10-15-4-6-16(23)7-5-15/h3-9,11,14,25,29H,10,12H2,1-2H3,(H2,24,26,27,28)/t14-/m1/s1. The summed E-state index contributed by atoms with van der Waals surface area (Å²) in [4.78, 5) is 8.67. The number of aliphatic hydroxyl groups is 1. The van der Waals surface area contributed by atoms with Crippen LogP contribution >= 0.6 is 15.9 Å². The average molecular weight is 524 g/mol. The van der Waals surface area contributed by atoms with Gasteiger partial charge in [0.2, 0.25) is 16.0 Å². The van der Waals surface area contributed by atoms with Crippen molar-refractivity contribution in [3.63, 3.8) is 0 Å². The fourth-order valence-electron chi connectivity index (χ4n) is 2.76. The Balaban J connectivity index is 1.79. The zero-order valence-corrected chi connectivity index (χ0v) is 19.8. The van der Waals surface area contributed by atoms with Gasteiger partial charge in [0.15, 0.2) is 0 Å². The molecule has 1 heterocycles. The van der Waals surface area contributed by atoms with Gasteiger partial charge in [-0.2, -0.15) is 4.98 Å². The monoisotopic (exact) mass is 523 g/mol. The fourth-order valence-corrected chi connectivity index (χ4v) is 4.35. The van der Waals surface area contributed by atoms with Crippen LogP contribution in [0, 0.1) is 12.7 Å². The molecule has 0 bridgehead atoms. The van der Waals surface area contributed by atoms with Crippen molar-refractivity contribution >= 4 is 43.4 Å². The summed E-state index contributed by atoms with van der Waals surface area (Å²) in [6.45, 7) is 3.47. The number of anilines is 3. The second-order valence-electron chi connectivity index (χ2n) is 7.17. The molecule has 0 aliphatic heterocycles. The van der Waals surface area contributed by atoms with E-state index in [9.17, 15) is 17.9 Å². The largest absolute Gasteiger partial charge is 0.394 e. The van der Waals surface area contributed by atoms with E-state index in [-0.39, 0.29) is 35.9 Å². The smallest absolute Gasteiger partial charge is 0.241 e. The third-order valence-electron chi connectivity index (χ3n) is 4.51. The van der Waals surface area contributed by atoms with E-state index >= 15 is 0 Å². The molecule has 0 unspecified atom stereocenters. The minimum atomic E-state index is -3.82. The summed E-state index contributed by atoms with van der Waals surface area (Å²) in [6, 6.07) is 10.3. The van der Waals surface area contributed by atoms with Crippen LogP contribution in [-0.2, 0) is 16.6 Å². The topological polar surface area (TPSA) is 116 Å². The maximum absolute atomic E-state index is 13.1. The maximum atomic E-state index is 13.1.